The predicted molar refractivity (Wildman–Crippen MR) is 137 cm³/mol. The lowest BCUT2D eigenvalue weighted by atomic mass is 9.71. The van der Waals surface area contributed by atoms with E-state index in [1.54, 1.807) is 0 Å². The highest BCUT2D eigenvalue weighted by molar-refractivity contribution is 6.05. The third-order valence-corrected chi connectivity index (χ3v) is 6.39. The van der Waals surface area contributed by atoms with E-state index in [2.05, 4.69) is 67.6 Å². The fourth-order valence-electron chi connectivity index (χ4n) is 4.19. The Labute approximate surface area is 205 Å². The standard InChI is InChI=1S/C29H43NO4/c1-24(2,3)20-18-28(26(7,8)9)33-22(25(4,5)6)21(29(32-20,34-28)27(10,11)12)23(31)30-19-16-14-13-15-17-19/h13-18H,1-12H3,(H,30,31)/t28-,29-/m1/s1. The molecule has 0 fully saturated rings. The van der Waals surface area contributed by atoms with Crippen molar-refractivity contribution in [2.45, 2.75) is 94.7 Å². The lowest BCUT2D eigenvalue weighted by molar-refractivity contribution is -0.398. The molecule has 1 aromatic carbocycles. The van der Waals surface area contributed by atoms with Crippen LogP contribution in [0.4, 0.5) is 5.69 Å². The van der Waals surface area contributed by atoms with Crippen LogP contribution in [0.15, 0.2) is 53.5 Å². The molecule has 2 heterocycles. The van der Waals surface area contributed by atoms with Crippen molar-refractivity contribution in [3.63, 3.8) is 0 Å². The second kappa shape index (κ2) is 7.87. The van der Waals surface area contributed by atoms with Gasteiger partial charge in [-0.05, 0) is 12.1 Å². The lowest BCUT2D eigenvalue weighted by Crippen LogP contribution is -2.67. The van der Waals surface area contributed by atoms with Crippen molar-refractivity contribution >= 4 is 11.6 Å². The Kier molecular flexibility index (Phi) is 6.10. The molecule has 2 bridgehead atoms. The van der Waals surface area contributed by atoms with E-state index in [0.29, 0.717) is 17.0 Å². The summed E-state index contributed by atoms with van der Waals surface area (Å²) < 4.78 is 20.6. The number of fused-ring (bicyclic) bond motifs is 2. The van der Waals surface area contributed by atoms with E-state index >= 15 is 0 Å². The molecule has 5 nitrogen and oxygen atoms in total. The van der Waals surface area contributed by atoms with Crippen LogP contribution in [0.1, 0.15) is 83.1 Å². The number of allylic oxidation sites excluding steroid dienone is 2. The molecule has 188 valence electrons. The quantitative estimate of drug-likeness (QED) is 0.490. The van der Waals surface area contributed by atoms with Crippen molar-refractivity contribution in [1.82, 2.24) is 0 Å². The molecule has 0 saturated carbocycles. The van der Waals surface area contributed by atoms with Crippen molar-refractivity contribution < 1.29 is 19.0 Å². The number of anilines is 1. The summed E-state index contributed by atoms with van der Waals surface area (Å²) in [7, 11) is 0. The summed E-state index contributed by atoms with van der Waals surface area (Å²) in [5.41, 5.74) is -0.755. The highest BCUT2D eigenvalue weighted by Crippen LogP contribution is 2.60. The largest absolute Gasteiger partial charge is 0.461 e. The maximum atomic E-state index is 14.1. The van der Waals surface area contributed by atoms with Gasteiger partial charge in [-0.2, -0.15) is 0 Å². The summed E-state index contributed by atoms with van der Waals surface area (Å²) in [5, 5.41) is 3.06. The SMILES string of the molecule is CC(C)(C)C1=C[C@@]2(C(C)(C)C)OC(C(C)(C)C)=C(C(=O)Nc3ccccc3)[C@@](C(C)(C)C)(O1)O2. The molecule has 1 amide bonds. The Morgan fingerprint density at radius 2 is 1.32 bits per heavy atom. The van der Waals surface area contributed by atoms with E-state index in [0.717, 1.165) is 5.76 Å². The van der Waals surface area contributed by atoms with Gasteiger partial charge in [-0.1, -0.05) is 101 Å². The summed E-state index contributed by atoms with van der Waals surface area (Å²) in [4.78, 5) is 14.1. The van der Waals surface area contributed by atoms with Gasteiger partial charge < -0.3 is 14.8 Å². The first-order chi connectivity index (χ1) is 15.2. The van der Waals surface area contributed by atoms with Gasteiger partial charge in [0.05, 0.1) is 0 Å². The molecule has 1 N–H and O–H groups in total. The second-order valence-corrected chi connectivity index (χ2v) is 13.6. The number of nitrogens with one attached hydrogen (secondary N) is 1. The number of hydrogen-bond donors (Lipinski definition) is 1. The van der Waals surface area contributed by atoms with Gasteiger partial charge in [0.2, 0.25) is 5.79 Å². The Hall–Kier alpha value is -2.27. The van der Waals surface area contributed by atoms with Crippen LogP contribution in [-0.2, 0) is 19.0 Å². The van der Waals surface area contributed by atoms with E-state index in [4.69, 9.17) is 14.2 Å². The van der Waals surface area contributed by atoms with Crippen LogP contribution in [0, 0.1) is 21.7 Å². The summed E-state index contributed by atoms with van der Waals surface area (Å²) in [6, 6.07) is 9.44. The van der Waals surface area contributed by atoms with E-state index in [9.17, 15) is 4.79 Å². The van der Waals surface area contributed by atoms with E-state index in [1.807, 2.05) is 57.2 Å². The number of ether oxygens (including phenoxy) is 3. The fraction of sp³-hybridized carbons (Fsp3) is 0.621. The van der Waals surface area contributed by atoms with Gasteiger partial charge in [-0.3, -0.25) is 9.53 Å². The first kappa shape index (κ1) is 26.3. The number of amides is 1. The number of rotatable bonds is 2. The van der Waals surface area contributed by atoms with Crippen molar-refractivity contribution in [2.75, 3.05) is 5.32 Å². The summed E-state index contributed by atoms with van der Waals surface area (Å²) in [6.45, 7) is 24.9. The molecule has 2 aliphatic heterocycles. The van der Waals surface area contributed by atoms with Crippen LogP contribution in [0.25, 0.3) is 0 Å². The Bertz CT molecular complexity index is 1010. The molecule has 0 unspecified atom stereocenters. The molecule has 2 atom stereocenters. The van der Waals surface area contributed by atoms with Crippen LogP contribution in [0.3, 0.4) is 0 Å². The van der Waals surface area contributed by atoms with E-state index < -0.39 is 27.8 Å². The molecule has 0 aliphatic carbocycles. The van der Waals surface area contributed by atoms with Crippen molar-refractivity contribution in [2.24, 2.45) is 21.7 Å². The molecule has 1 aromatic rings. The number of para-hydroxylation sites is 1. The molecule has 0 radical (unpaired) electrons. The average Bonchev–Trinajstić information content (AvgIpc) is 2.64. The Morgan fingerprint density at radius 1 is 0.765 bits per heavy atom. The maximum absolute atomic E-state index is 14.1. The van der Waals surface area contributed by atoms with Crippen LogP contribution >= 0.6 is 0 Å². The topological polar surface area (TPSA) is 56.8 Å². The molecule has 0 saturated heterocycles. The first-order valence-electron chi connectivity index (χ1n) is 12.2. The van der Waals surface area contributed by atoms with Gasteiger partial charge in [-0.25, -0.2) is 0 Å². The molecular formula is C29H43NO4. The molecule has 34 heavy (non-hydrogen) atoms. The molecule has 0 spiro atoms. The minimum absolute atomic E-state index is 0.288. The number of benzene rings is 1. The predicted octanol–water partition coefficient (Wildman–Crippen LogP) is 7.42. The van der Waals surface area contributed by atoms with Gasteiger partial charge in [0.1, 0.15) is 17.1 Å². The van der Waals surface area contributed by atoms with Crippen LogP contribution in [0.5, 0.6) is 0 Å². The van der Waals surface area contributed by atoms with E-state index in [-0.39, 0.29) is 11.3 Å². The summed E-state index contributed by atoms with van der Waals surface area (Å²) >= 11 is 0. The number of hydrogen-bond acceptors (Lipinski definition) is 4. The smallest absolute Gasteiger partial charge is 0.261 e. The zero-order valence-corrected chi connectivity index (χ0v) is 23.1. The fourth-order valence-corrected chi connectivity index (χ4v) is 4.19. The minimum atomic E-state index is -1.36. The van der Waals surface area contributed by atoms with Crippen molar-refractivity contribution in [3.05, 3.63) is 53.5 Å². The summed E-state index contributed by atoms with van der Waals surface area (Å²) in [5.74, 6) is -1.43. The highest BCUT2D eigenvalue weighted by Gasteiger charge is 2.67. The monoisotopic (exact) mass is 469 g/mol. The molecular weight excluding hydrogens is 426 g/mol. The van der Waals surface area contributed by atoms with Gasteiger partial charge in [0, 0.05) is 33.4 Å². The zero-order valence-electron chi connectivity index (χ0n) is 23.1. The summed E-state index contributed by atoms with van der Waals surface area (Å²) in [6.07, 6.45) is 1.98. The van der Waals surface area contributed by atoms with Gasteiger partial charge >= 0.3 is 0 Å². The van der Waals surface area contributed by atoms with Crippen LogP contribution in [-0.4, -0.2) is 17.5 Å². The van der Waals surface area contributed by atoms with Crippen LogP contribution in [0.2, 0.25) is 0 Å². The van der Waals surface area contributed by atoms with Crippen molar-refractivity contribution in [1.29, 1.82) is 0 Å². The molecule has 5 heteroatoms. The van der Waals surface area contributed by atoms with Gasteiger partial charge in [0.15, 0.2) is 0 Å². The Morgan fingerprint density at radius 3 is 1.76 bits per heavy atom. The average molecular weight is 470 g/mol. The first-order valence-corrected chi connectivity index (χ1v) is 12.2. The molecule has 0 aromatic heterocycles. The Balaban J connectivity index is 2.37. The normalized spacial score (nSPS) is 25.8. The highest BCUT2D eigenvalue weighted by atomic mass is 16.8. The third kappa shape index (κ3) is 4.39. The molecule has 2 aliphatic rings. The second-order valence-electron chi connectivity index (χ2n) is 13.6. The number of carbonyl (C=O) groups excluding carboxylic acids is 1. The van der Waals surface area contributed by atoms with E-state index in [1.165, 1.54) is 0 Å². The number of carbonyl (C=O) groups is 1. The van der Waals surface area contributed by atoms with Crippen LogP contribution < -0.4 is 5.32 Å². The molecule has 3 rings (SSSR count). The third-order valence-electron chi connectivity index (χ3n) is 6.39. The maximum Gasteiger partial charge on any atom is 0.261 e. The van der Waals surface area contributed by atoms with Crippen molar-refractivity contribution in [3.8, 4) is 0 Å². The lowest BCUT2D eigenvalue weighted by Gasteiger charge is -2.60. The van der Waals surface area contributed by atoms with Gasteiger partial charge in [0.25, 0.3) is 11.7 Å². The zero-order chi connectivity index (χ0) is 26.0. The van der Waals surface area contributed by atoms with Gasteiger partial charge in [-0.15, -0.1) is 0 Å². The minimum Gasteiger partial charge on any atom is -0.461 e.